The number of carbonyl (C=O) groups excluding carboxylic acids is 2. The van der Waals surface area contributed by atoms with Gasteiger partial charge in [-0.25, -0.2) is 0 Å². The van der Waals surface area contributed by atoms with E-state index in [9.17, 15) is 9.59 Å². The third-order valence-electron chi connectivity index (χ3n) is 4.41. The topological polar surface area (TPSA) is 67.4 Å². The molecule has 2 rings (SSSR count). The van der Waals surface area contributed by atoms with Crippen LogP contribution in [0, 0.1) is 6.92 Å². The minimum atomic E-state index is -0.591. The van der Waals surface area contributed by atoms with Crippen molar-refractivity contribution in [3.05, 3.63) is 35.4 Å². The number of nitrogens with one attached hydrogen (secondary N) is 2. The second kappa shape index (κ2) is 8.67. The summed E-state index contributed by atoms with van der Waals surface area (Å²) in [5.41, 5.74) is 2.11. The van der Waals surface area contributed by atoms with Crippen LogP contribution in [0.1, 0.15) is 49.3 Å². The molecule has 0 aromatic heterocycles. The fourth-order valence-electron chi connectivity index (χ4n) is 3.03. The highest BCUT2D eigenvalue weighted by molar-refractivity contribution is 6.35. The van der Waals surface area contributed by atoms with Crippen molar-refractivity contribution >= 4 is 11.8 Å². The van der Waals surface area contributed by atoms with Crippen molar-refractivity contribution in [2.24, 2.45) is 0 Å². The summed E-state index contributed by atoms with van der Waals surface area (Å²) in [6.07, 6.45) is 5.11. The molecule has 1 aromatic carbocycles. The number of methoxy groups -OCH3 is 1. The highest BCUT2D eigenvalue weighted by Gasteiger charge is 2.21. The molecule has 0 radical (unpaired) electrons. The van der Waals surface area contributed by atoms with Gasteiger partial charge in [0.1, 0.15) is 0 Å². The molecule has 1 aliphatic rings. The van der Waals surface area contributed by atoms with E-state index in [-0.39, 0.29) is 18.7 Å². The Morgan fingerprint density at radius 3 is 2.52 bits per heavy atom. The van der Waals surface area contributed by atoms with Crippen molar-refractivity contribution in [1.82, 2.24) is 10.6 Å². The van der Waals surface area contributed by atoms with Gasteiger partial charge in [0.2, 0.25) is 0 Å². The van der Waals surface area contributed by atoms with E-state index in [0.29, 0.717) is 0 Å². The van der Waals surface area contributed by atoms with Gasteiger partial charge in [0.15, 0.2) is 0 Å². The van der Waals surface area contributed by atoms with Gasteiger partial charge >= 0.3 is 11.8 Å². The van der Waals surface area contributed by atoms with Crippen molar-refractivity contribution in [2.75, 3.05) is 13.7 Å². The van der Waals surface area contributed by atoms with E-state index in [4.69, 9.17) is 4.74 Å². The van der Waals surface area contributed by atoms with Crippen molar-refractivity contribution < 1.29 is 14.3 Å². The highest BCUT2D eigenvalue weighted by Crippen LogP contribution is 2.19. The molecule has 23 heavy (non-hydrogen) atoms. The number of benzene rings is 1. The molecule has 1 atom stereocenters. The summed E-state index contributed by atoms with van der Waals surface area (Å²) in [5, 5.41) is 5.49. The second-order valence-corrected chi connectivity index (χ2v) is 6.10. The first-order chi connectivity index (χ1) is 11.1. The number of aryl methyl sites for hydroxylation is 1. The van der Waals surface area contributed by atoms with E-state index in [2.05, 4.69) is 10.6 Å². The molecule has 2 N–H and O–H groups in total. The van der Waals surface area contributed by atoms with E-state index in [0.717, 1.165) is 36.8 Å². The molecule has 1 unspecified atom stereocenters. The first-order valence-electron chi connectivity index (χ1n) is 8.29. The summed E-state index contributed by atoms with van der Waals surface area (Å²) in [7, 11) is 1.60. The lowest BCUT2D eigenvalue weighted by Gasteiger charge is -2.23. The maximum Gasteiger partial charge on any atom is 0.309 e. The zero-order valence-corrected chi connectivity index (χ0v) is 13.9. The quantitative estimate of drug-likeness (QED) is 0.818. The third-order valence-corrected chi connectivity index (χ3v) is 4.41. The van der Waals surface area contributed by atoms with Crippen molar-refractivity contribution in [3.63, 3.8) is 0 Å². The Morgan fingerprint density at radius 1 is 1.17 bits per heavy atom. The normalized spacial score (nSPS) is 16.6. The third kappa shape index (κ3) is 5.06. The first kappa shape index (κ1) is 17.5. The van der Waals surface area contributed by atoms with Gasteiger partial charge in [0.25, 0.3) is 0 Å². The summed E-state index contributed by atoms with van der Waals surface area (Å²) >= 11 is 0. The van der Waals surface area contributed by atoms with Crippen LogP contribution in [0.15, 0.2) is 24.3 Å². The van der Waals surface area contributed by atoms with Gasteiger partial charge in [-0.1, -0.05) is 43.5 Å². The maximum absolute atomic E-state index is 12.0. The lowest BCUT2D eigenvalue weighted by Crippen LogP contribution is -2.46. The van der Waals surface area contributed by atoms with E-state index >= 15 is 0 Å². The molecule has 0 heterocycles. The fourth-order valence-corrected chi connectivity index (χ4v) is 3.03. The summed E-state index contributed by atoms with van der Waals surface area (Å²) in [6, 6.07) is 8.00. The molecular formula is C18H26N2O3. The van der Waals surface area contributed by atoms with Gasteiger partial charge in [0, 0.05) is 19.7 Å². The number of hydrogen-bond donors (Lipinski definition) is 2. The Balaban J connectivity index is 1.84. The minimum Gasteiger partial charge on any atom is -0.375 e. The Hall–Kier alpha value is -1.88. The highest BCUT2D eigenvalue weighted by atomic mass is 16.5. The summed E-state index contributed by atoms with van der Waals surface area (Å²) < 4.78 is 5.45. The Labute approximate surface area is 137 Å². The first-order valence-corrected chi connectivity index (χ1v) is 8.29. The maximum atomic E-state index is 12.0. The minimum absolute atomic E-state index is 0.136. The predicted octanol–water partition coefficient (Wildman–Crippen LogP) is 2.25. The van der Waals surface area contributed by atoms with Gasteiger partial charge < -0.3 is 15.4 Å². The standard InChI is InChI=1S/C18H26N2O3/c1-13-8-6-7-11-15(13)16(23-2)12-19-17(21)18(22)20-14-9-4-3-5-10-14/h6-8,11,14,16H,3-5,9-10,12H2,1-2H3,(H,19,21)(H,20,22). The molecule has 1 saturated carbocycles. The summed E-state index contributed by atoms with van der Waals surface area (Å²) in [5.74, 6) is -1.14. The number of carbonyl (C=O) groups is 2. The molecule has 0 aliphatic heterocycles. The number of hydrogen-bond acceptors (Lipinski definition) is 3. The molecule has 5 nitrogen and oxygen atoms in total. The van der Waals surface area contributed by atoms with E-state index in [1.54, 1.807) is 7.11 Å². The average molecular weight is 318 g/mol. The van der Waals surface area contributed by atoms with Gasteiger partial charge in [-0.15, -0.1) is 0 Å². The number of ether oxygens (including phenoxy) is 1. The van der Waals surface area contributed by atoms with Gasteiger partial charge in [-0.2, -0.15) is 0 Å². The van der Waals surface area contributed by atoms with E-state index in [1.165, 1.54) is 6.42 Å². The molecule has 0 saturated heterocycles. The van der Waals surface area contributed by atoms with Crippen LogP contribution in [0.5, 0.6) is 0 Å². The molecule has 126 valence electrons. The van der Waals surface area contributed by atoms with Crippen molar-refractivity contribution in [1.29, 1.82) is 0 Å². The molecule has 2 amide bonds. The Morgan fingerprint density at radius 2 is 1.87 bits per heavy atom. The molecule has 0 bridgehead atoms. The predicted molar refractivity (Wildman–Crippen MR) is 89.0 cm³/mol. The monoisotopic (exact) mass is 318 g/mol. The van der Waals surface area contributed by atoms with Crippen LogP contribution < -0.4 is 10.6 Å². The van der Waals surface area contributed by atoms with E-state index < -0.39 is 11.8 Å². The van der Waals surface area contributed by atoms with Crippen LogP contribution in [0.3, 0.4) is 0 Å². The van der Waals surface area contributed by atoms with Gasteiger partial charge in [0.05, 0.1) is 6.10 Å². The lowest BCUT2D eigenvalue weighted by atomic mass is 9.95. The number of amides is 2. The van der Waals surface area contributed by atoms with Gasteiger partial charge in [-0.3, -0.25) is 9.59 Å². The van der Waals surface area contributed by atoms with Crippen LogP contribution in [0.4, 0.5) is 0 Å². The summed E-state index contributed by atoms with van der Waals surface area (Å²) in [6.45, 7) is 2.28. The molecule has 1 aromatic rings. The second-order valence-electron chi connectivity index (χ2n) is 6.10. The smallest absolute Gasteiger partial charge is 0.309 e. The van der Waals surface area contributed by atoms with Crippen molar-refractivity contribution in [2.45, 2.75) is 51.2 Å². The Bertz CT molecular complexity index is 539. The molecule has 1 fully saturated rings. The zero-order valence-electron chi connectivity index (χ0n) is 13.9. The number of rotatable bonds is 5. The van der Waals surface area contributed by atoms with E-state index in [1.807, 2.05) is 31.2 Å². The SMILES string of the molecule is COC(CNC(=O)C(=O)NC1CCCCC1)c1ccccc1C. The van der Waals surface area contributed by atoms with Crippen LogP contribution in [0.2, 0.25) is 0 Å². The Kier molecular flexibility index (Phi) is 6.59. The molecular weight excluding hydrogens is 292 g/mol. The largest absolute Gasteiger partial charge is 0.375 e. The zero-order chi connectivity index (χ0) is 16.7. The van der Waals surface area contributed by atoms with Crippen LogP contribution in [-0.2, 0) is 14.3 Å². The summed E-state index contributed by atoms with van der Waals surface area (Å²) in [4.78, 5) is 23.9. The molecule has 1 aliphatic carbocycles. The molecule has 0 spiro atoms. The van der Waals surface area contributed by atoms with Gasteiger partial charge in [-0.05, 0) is 30.9 Å². The average Bonchev–Trinajstić information content (AvgIpc) is 2.57. The van der Waals surface area contributed by atoms with Crippen LogP contribution >= 0.6 is 0 Å². The fraction of sp³-hybridized carbons (Fsp3) is 0.556. The van der Waals surface area contributed by atoms with Crippen molar-refractivity contribution in [3.8, 4) is 0 Å². The van der Waals surface area contributed by atoms with Crippen LogP contribution in [0.25, 0.3) is 0 Å². The van der Waals surface area contributed by atoms with Crippen LogP contribution in [-0.4, -0.2) is 31.5 Å². The molecule has 5 heteroatoms. The lowest BCUT2D eigenvalue weighted by molar-refractivity contribution is -0.140.